The van der Waals surface area contributed by atoms with E-state index in [0.717, 1.165) is 11.1 Å². The van der Waals surface area contributed by atoms with Crippen LogP contribution in [0.25, 0.3) is 0 Å². The molecule has 0 atom stereocenters. The summed E-state index contributed by atoms with van der Waals surface area (Å²) in [5.74, 6) is 1.19. The maximum Gasteiger partial charge on any atom is 0.243 e. The first-order valence-corrected chi connectivity index (χ1v) is 9.81. The molecule has 2 rings (SSSR count). The molecule has 0 heterocycles. The summed E-state index contributed by atoms with van der Waals surface area (Å²) in [6, 6.07) is 12.5. The number of ether oxygens (including phenoxy) is 2. The second-order valence-corrected chi connectivity index (χ2v) is 9.27. The lowest BCUT2D eigenvalue weighted by molar-refractivity contribution is 0.354. The van der Waals surface area contributed by atoms with E-state index >= 15 is 0 Å². The zero-order valence-corrected chi connectivity index (χ0v) is 17.1. The van der Waals surface area contributed by atoms with Gasteiger partial charge in [-0.25, -0.2) is 8.42 Å². The molecule has 6 heteroatoms. The van der Waals surface area contributed by atoms with Crippen molar-refractivity contribution in [2.24, 2.45) is 0 Å². The average molecular weight is 378 g/mol. The van der Waals surface area contributed by atoms with E-state index in [2.05, 4.69) is 20.8 Å². The molecule has 0 bridgehead atoms. The number of hydrogen-bond acceptors (Lipinski definition) is 4. The van der Waals surface area contributed by atoms with E-state index in [1.807, 2.05) is 18.2 Å². The summed E-state index contributed by atoms with van der Waals surface area (Å²) < 4.78 is 37.5. The van der Waals surface area contributed by atoms with Crippen molar-refractivity contribution in [1.29, 1.82) is 0 Å². The van der Waals surface area contributed by atoms with Crippen molar-refractivity contribution in [3.63, 3.8) is 0 Å². The summed E-state index contributed by atoms with van der Waals surface area (Å²) in [4.78, 5) is 0.286. The van der Waals surface area contributed by atoms with Gasteiger partial charge in [-0.3, -0.25) is 0 Å². The molecule has 0 aliphatic heterocycles. The zero-order valence-electron chi connectivity index (χ0n) is 16.2. The van der Waals surface area contributed by atoms with Crippen molar-refractivity contribution in [2.75, 3.05) is 21.3 Å². The maximum absolute atomic E-state index is 12.8. The summed E-state index contributed by atoms with van der Waals surface area (Å²) in [5.41, 5.74) is 1.90. The predicted molar refractivity (Wildman–Crippen MR) is 103 cm³/mol. The Morgan fingerprint density at radius 1 is 0.923 bits per heavy atom. The Hall–Kier alpha value is -2.05. The Labute approximate surface area is 156 Å². The molecule has 0 radical (unpaired) electrons. The van der Waals surface area contributed by atoms with Crippen LogP contribution in [0.15, 0.2) is 47.4 Å². The molecule has 0 aliphatic rings. The number of sulfonamides is 1. The lowest BCUT2D eigenvalue weighted by Gasteiger charge is -2.21. The highest BCUT2D eigenvalue weighted by molar-refractivity contribution is 7.89. The van der Waals surface area contributed by atoms with Crippen molar-refractivity contribution in [3.8, 4) is 11.5 Å². The van der Waals surface area contributed by atoms with Crippen LogP contribution in [0.1, 0.15) is 31.9 Å². The molecule has 2 aromatic rings. The molecule has 0 spiro atoms. The summed E-state index contributed by atoms with van der Waals surface area (Å²) >= 11 is 0. The highest BCUT2D eigenvalue weighted by Crippen LogP contribution is 2.29. The number of rotatable bonds is 6. The van der Waals surface area contributed by atoms with Crippen LogP contribution in [0.4, 0.5) is 0 Å². The van der Waals surface area contributed by atoms with Gasteiger partial charge >= 0.3 is 0 Å². The predicted octanol–water partition coefficient (Wildman–Crippen LogP) is 3.82. The van der Waals surface area contributed by atoms with Crippen LogP contribution in [-0.4, -0.2) is 34.0 Å². The number of benzene rings is 2. The second-order valence-electron chi connectivity index (χ2n) is 7.22. The van der Waals surface area contributed by atoms with Gasteiger partial charge in [-0.05, 0) is 40.8 Å². The number of methoxy groups -OCH3 is 2. The van der Waals surface area contributed by atoms with Gasteiger partial charge < -0.3 is 9.47 Å². The molecular formula is C20H27NO4S. The van der Waals surface area contributed by atoms with E-state index in [-0.39, 0.29) is 16.9 Å². The van der Waals surface area contributed by atoms with E-state index < -0.39 is 10.0 Å². The largest absolute Gasteiger partial charge is 0.493 e. The van der Waals surface area contributed by atoms with Gasteiger partial charge in [0.15, 0.2) is 11.5 Å². The van der Waals surface area contributed by atoms with Crippen LogP contribution in [0, 0.1) is 0 Å². The van der Waals surface area contributed by atoms with Crippen LogP contribution < -0.4 is 9.47 Å². The molecule has 0 N–H and O–H groups in total. The van der Waals surface area contributed by atoms with Gasteiger partial charge in [-0.15, -0.1) is 0 Å². The highest BCUT2D eigenvalue weighted by Gasteiger charge is 2.22. The Morgan fingerprint density at radius 3 is 2.00 bits per heavy atom. The molecule has 142 valence electrons. The van der Waals surface area contributed by atoms with Gasteiger partial charge in [0.1, 0.15) is 0 Å². The van der Waals surface area contributed by atoms with E-state index in [0.29, 0.717) is 11.5 Å². The van der Waals surface area contributed by atoms with Crippen molar-refractivity contribution in [2.45, 2.75) is 37.6 Å². The quantitative estimate of drug-likeness (QED) is 0.768. The van der Waals surface area contributed by atoms with E-state index in [1.54, 1.807) is 45.5 Å². The fraction of sp³-hybridized carbons (Fsp3) is 0.400. The molecule has 0 fully saturated rings. The fourth-order valence-electron chi connectivity index (χ4n) is 2.63. The van der Waals surface area contributed by atoms with E-state index in [1.165, 1.54) is 4.31 Å². The summed E-state index contributed by atoms with van der Waals surface area (Å²) in [5, 5.41) is 0. The molecule has 0 unspecified atom stereocenters. The summed E-state index contributed by atoms with van der Waals surface area (Å²) in [6.45, 7) is 6.53. The minimum Gasteiger partial charge on any atom is -0.493 e. The van der Waals surface area contributed by atoms with Crippen LogP contribution in [0.2, 0.25) is 0 Å². The Bertz CT molecular complexity index is 852. The van der Waals surface area contributed by atoms with Gasteiger partial charge in [-0.1, -0.05) is 39.0 Å². The summed E-state index contributed by atoms with van der Waals surface area (Å²) in [6.07, 6.45) is 0. The molecule has 0 amide bonds. The number of nitrogens with zero attached hydrogens (tertiary/aromatic N) is 1. The monoisotopic (exact) mass is 377 g/mol. The lowest BCUT2D eigenvalue weighted by atomic mass is 9.87. The van der Waals surface area contributed by atoms with Crippen LogP contribution in [0.5, 0.6) is 11.5 Å². The van der Waals surface area contributed by atoms with E-state index in [4.69, 9.17) is 9.47 Å². The molecule has 0 aliphatic carbocycles. The first kappa shape index (κ1) is 20.3. The normalized spacial score (nSPS) is 12.3. The molecule has 0 saturated carbocycles. The van der Waals surface area contributed by atoms with E-state index in [9.17, 15) is 8.42 Å². The fourth-order valence-corrected chi connectivity index (χ4v) is 3.79. The molecule has 2 aromatic carbocycles. The smallest absolute Gasteiger partial charge is 0.243 e. The van der Waals surface area contributed by atoms with Crippen LogP contribution in [0.3, 0.4) is 0 Å². The van der Waals surface area contributed by atoms with Crippen LogP contribution >= 0.6 is 0 Å². The Balaban J connectivity index is 2.24. The molecule has 0 saturated heterocycles. The summed E-state index contributed by atoms with van der Waals surface area (Å²) in [7, 11) is 1.12. The van der Waals surface area contributed by atoms with Gasteiger partial charge in [0.2, 0.25) is 10.0 Å². The zero-order chi connectivity index (χ0) is 19.5. The number of hydrogen-bond donors (Lipinski definition) is 0. The minimum absolute atomic E-state index is 0.0200. The van der Waals surface area contributed by atoms with Gasteiger partial charge in [0, 0.05) is 13.6 Å². The van der Waals surface area contributed by atoms with Crippen molar-refractivity contribution in [3.05, 3.63) is 53.6 Å². The third-order valence-corrected chi connectivity index (χ3v) is 6.10. The SMILES string of the molecule is COc1ccc(CN(C)S(=O)(=O)c2ccc(C(C)(C)C)cc2)cc1OC. The lowest BCUT2D eigenvalue weighted by Crippen LogP contribution is -2.26. The van der Waals surface area contributed by atoms with Crippen molar-refractivity contribution < 1.29 is 17.9 Å². The third kappa shape index (κ3) is 4.37. The first-order valence-electron chi connectivity index (χ1n) is 8.37. The molecule has 26 heavy (non-hydrogen) atoms. The molecule has 0 aromatic heterocycles. The van der Waals surface area contributed by atoms with Gasteiger partial charge in [0.05, 0.1) is 19.1 Å². The van der Waals surface area contributed by atoms with Crippen LogP contribution in [-0.2, 0) is 22.0 Å². The second kappa shape index (κ2) is 7.68. The standard InChI is InChI=1S/C20H27NO4S/c1-20(2,3)16-8-10-17(11-9-16)26(22,23)21(4)14-15-7-12-18(24-5)19(13-15)25-6/h7-13H,14H2,1-6H3. The Morgan fingerprint density at radius 2 is 1.50 bits per heavy atom. The van der Waals surface area contributed by atoms with Crippen molar-refractivity contribution in [1.82, 2.24) is 4.31 Å². The highest BCUT2D eigenvalue weighted by atomic mass is 32.2. The minimum atomic E-state index is -3.57. The first-order chi connectivity index (χ1) is 12.1. The average Bonchev–Trinajstić information content (AvgIpc) is 2.60. The third-order valence-electron chi connectivity index (χ3n) is 4.28. The maximum atomic E-state index is 12.8. The van der Waals surface area contributed by atoms with Crippen molar-refractivity contribution >= 4 is 10.0 Å². The van der Waals surface area contributed by atoms with Gasteiger partial charge in [-0.2, -0.15) is 4.31 Å². The molecular weight excluding hydrogens is 350 g/mol. The van der Waals surface area contributed by atoms with Gasteiger partial charge in [0.25, 0.3) is 0 Å². The topological polar surface area (TPSA) is 55.8 Å². The Kier molecular flexibility index (Phi) is 5.98. The molecule has 5 nitrogen and oxygen atoms in total.